The van der Waals surface area contributed by atoms with E-state index in [0.717, 1.165) is 31.0 Å². The molecule has 0 atom stereocenters. The first kappa shape index (κ1) is 13.5. The van der Waals surface area contributed by atoms with E-state index in [-0.39, 0.29) is 0 Å². The van der Waals surface area contributed by atoms with Crippen LogP contribution >= 0.6 is 12.2 Å². The SMILES string of the molecule is Cc1ccc(-n2nnn(CN3CCCC3)c2=S)c(C)c1. The number of hydrogen-bond donors (Lipinski definition) is 0. The average Bonchev–Trinajstić information content (AvgIpc) is 3.03. The molecule has 0 unspecified atom stereocenters. The molecule has 6 heteroatoms. The molecule has 2 heterocycles. The number of benzene rings is 1. The molecule has 1 fully saturated rings. The van der Waals surface area contributed by atoms with Gasteiger partial charge in [-0.3, -0.25) is 4.90 Å². The lowest BCUT2D eigenvalue weighted by molar-refractivity contribution is 0.251. The van der Waals surface area contributed by atoms with Crippen LogP contribution in [-0.2, 0) is 6.67 Å². The Kier molecular flexibility index (Phi) is 3.67. The van der Waals surface area contributed by atoms with Gasteiger partial charge < -0.3 is 0 Å². The maximum absolute atomic E-state index is 5.51. The monoisotopic (exact) mass is 289 g/mol. The molecule has 0 aliphatic carbocycles. The second-order valence-corrected chi connectivity index (χ2v) is 5.79. The molecular formula is C14H19N5S. The number of tetrazole rings is 1. The van der Waals surface area contributed by atoms with Crippen molar-refractivity contribution >= 4 is 12.2 Å². The van der Waals surface area contributed by atoms with E-state index in [1.807, 2.05) is 0 Å². The molecule has 0 N–H and O–H groups in total. The normalized spacial score (nSPS) is 15.9. The molecule has 1 aromatic carbocycles. The molecular weight excluding hydrogens is 270 g/mol. The van der Waals surface area contributed by atoms with Gasteiger partial charge in [-0.25, -0.2) is 4.68 Å². The molecule has 0 amide bonds. The molecule has 1 aliphatic heterocycles. The molecule has 0 radical (unpaired) electrons. The Morgan fingerprint density at radius 3 is 2.60 bits per heavy atom. The summed E-state index contributed by atoms with van der Waals surface area (Å²) >= 11 is 5.51. The van der Waals surface area contributed by atoms with Gasteiger partial charge in [0.15, 0.2) is 0 Å². The van der Waals surface area contributed by atoms with E-state index < -0.39 is 0 Å². The Hall–Kier alpha value is -1.53. The fourth-order valence-corrected chi connectivity index (χ4v) is 2.90. The number of aromatic nitrogens is 4. The van der Waals surface area contributed by atoms with E-state index in [1.165, 1.54) is 18.4 Å². The highest BCUT2D eigenvalue weighted by Crippen LogP contribution is 2.15. The van der Waals surface area contributed by atoms with Crippen LogP contribution in [0.1, 0.15) is 24.0 Å². The molecule has 0 spiro atoms. The van der Waals surface area contributed by atoms with Gasteiger partial charge in [0.1, 0.15) is 0 Å². The minimum absolute atomic E-state index is 0.656. The molecule has 20 heavy (non-hydrogen) atoms. The van der Waals surface area contributed by atoms with Crippen LogP contribution in [0, 0.1) is 18.6 Å². The fourth-order valence-electron chi connectivity index (χ4n) is 2.67. The highest BCUT2D eigenvalue weighted by atomic mass is 32.1. The van der Waals surface area contributed by atoms with Crippen LogP contribution in [0.5, 0.6) is 0 Å². The Bertz CT molecular complexity index is 666. The fraction of sp³-hybridized carbons (Fsp3) is 0.500. The lowest BCUT2D eigenvalue weighted by Crippen LogP contribution is -2.23. The summed E-state index contributed by atoms with van der Waals surface area (Å²) < 4.78 is 4.21. The van der Waals surface area contributed by atoms with Gasteiger partial charge in [0.25, 0.3) is 0 Å². The van der Waals surface area contributed by atoms with Gasteiger partial charge in [-0.2, -0.15) is 4.68 Å². The molecule has 5 nitrogen and oxygen atoms in total. The lowest BCUT2D eigenvalue weighted by atomic mass is 10.1. The maximum Gasteiger partial charge on any atom is 0.221 e. The Balaban J connectivity index is 1.91. The van der Waals surface area contributed by atoms with Crippen LogP contribution in [0.25, 0.3) is 5.69 Å². The van der Waals surface area contributed by atoms with Crippen molar-refractivity contribution in [1.82, 2.24) is 24.7 Å². The van der Waals surface area contributed by atoms with E-state index in [9.17, 15) is 0 Å². The van der Waals surface area contributed by atoms with Gasteiger partial charge in [-0.1, -0.05) is 17.7 Å². The molecule has 0 saturated carbocycles. The van der Waals surface area contributed by atoms with Crippen molar-refractivity contribution < 1.29 is 0 Å². The third-order valence-electron chi connectivity index (χ3n) is 3.75. The summed E-state index contributed by atoms with van der Waals surface area (Å²) in [5, 5.41) is 8.42. The number of aryl methyl sites for hydroxylation is 2. The van der Waals surface area contributed by atoms with Crippen LogP contribution in [0.4, 0.5) is 0 Å². The molecule has 3 rings (SSSR count). The summed E-state index contributed by atoms with van der Waals surface area (Å²) in [6.45, 7) is 7.14. The zero-order valence-corrected chi connectivity index (χ0v) is 12.7. The largest absolute Gasteiger partial charge is 0.284 e. The predicted octanol–water partition coefficient (Wildman–Crippen LogP) is 2.47. The second-order valence-electron chi connectivity index (χ2n) is 5.43. The van der Waals surface area contributed by atoms with Gasteiger partial charge in [0, 0.05) is 0 Å². The summed E-state index contributed by atoms with van der Waals surface area (Å²) in [6.07, 6.45) is 2.52. The van der Waals surface area contributed by atoms with Crippen molar-refractivity contribution in [3.05, 3.63) is 34.1 Å². The summed E-state index contributed by atoms with van der Waals surface area (Å²) in [5.41, 5.74) is 3.41. The Morgan fingerprint density at radius 2 is 1.90 bits per heavy atom. The van der Waals surface area contributed by atoms with Gasteiger partial charge in [0.2, 0.25) is 4.77 Å². The van der Waals surface area contributed by atoms with Crippen molar-refractivity contribution in [1.29, 1.82) is 0 Å². The number of rotatable bonds is 3. The van der Waals surface area contributed by atoms with Crippen LogP contribution in [0.2, 0.25) is 0 Å². The zero-order chi connectivity index (χ0) is 14.1. The molecule has 106 valence electrons. The smallest absolute Gasteiger partial charge is 0.221 e. The number of hydrogen-bond acceptors (Lipinski definition) is 4. The van der Waals surface area contributed by atoms with Gasteiger partial charge in [0.05, 0.1) is 12.4 Å². The van der Waals surface area contributed by atoms with Gasteiger partial charge in [-0.15, -0.1) is 0 Å². The van der Waals surface area contributed by atoms with Crippen molar-refractivity contribution in [2.24, 2.45) is 0 Å². The Labute approximate surface area is 123 Å². The van der Waals surface area contributed by atoms with E-state index in [2.05, 4.69) is 47.4 Å². The summed E-state index contributed by atoms with van der Waals surface area (Å²) in [6, 6.07) is 6.26. The van der Waals surface area contributed by atoms with Crippen LogP contribution in [-0.4, -0.2) is 37.8 Å². The van der Waals surface area contributed by atoms with Crippen molar-refractivity contribution in [3.8, 4) is 5.69 Å². The lowest BCUT2D eigenvalue weighted by Gasteiger charge is -2.13. The maximum atomic E-state index is 5.51. The minimum atomic E-state index is 0.656. The third kappa shape index (κ3) is 2.53. The van der Waals surface area contributed by atoms with Gasteiger partial charge >= 0.3 is 0 Å². The van der Waals surface area contributed by atoms with Gasteiger partial charge in [-0.05, 0) is 74.1 Å². The zero-order valence-electron chi connectivity index (χ0n) is 11.9. The number of likely N-dealkylation sites (tertiary alicyclic amines) is 1. The van der Waals surface area contributed by atoms with Crippen LogP contribution < -0.4 is 0 Å². The first-order chi connectivity index (χ1) is 9.65. The van der Waals surface area contributed by atoms with E-state index in [4.69, 9.17) is 12.2 Å². The van der Waals surface area contributed by atoms with Crippen molar-refractivity contribution in [3.63, 3.8) is 0 Å². The summed E-state index contributed by atoms with van der Waals surface area (Å²) in [7, 11) is 0. The van der Waals surface area contributed by atoms with E-state index in [1.54, 1.807) is 9.36 Å². The summed E-state index contributed by atoms with van der Waals surface area (Å²) in [5.74, 6) is 0. The molecule has 2 aromatic rings. The van der Waals surface area contributed by atoms with Crippen molar-refractivity contribution in [2.45, 2.75) is 33.4 Å². The highest BCUT2D eigenvalue weighted by Gasteiger charge is 2.14. The first-order valence-electron chi connectivity index (χ1n) is 6.98. The average molecular weight is 289 g/mol. The molecule has 0 bridgehead atoms. The predicted molar refractivity (Wildman–Crippen MR) is 80.5 cm³/mol. The molecule has 1 saturated heterocycles. The topological polar surface area (TPSA) is 38.9 Å². The van der Waals surface area contributed by atoms with E-state index >= 15 is 0 Å². The quantitative estimate of drug-likeness (QED) is 0.814. The van der Waals surface area contributed by atoms with E-state index in [0.29, 0.717) is 4.77 Å². The third-order valence-corrected chi connectivity index (χ3v) is 4.14. The Morgan fingerprint density at radius 1 is 1.15 bits per heavy atom. The minimum Gasteiger partial charge on any atom is -0.284 e. The van der Waals surface area contributed by atoms with Crippen molar-refractivity contribution in [2.75, 3.05) is 13.1 Å². The second kappa shape index (κ2) is 5.46. The first-order valence-corrected chi connectivity index (χ1v) is 7.39. The standard InChI is InChI=1S/C14H19N5S/c1-11-5-6-13(12(2)9-11)19-14(20)18(15-16-19)10-17-7-3-4-8-17/h5-6,9H,3-4,7-8,10H2,1-2H3. The molecule has 1 aliphatic rings. The number of nitrogens with zero attached hydrogens (tertiary/aromatic N) is 5. The van der Waals surface area contributed by atoms with Crippen LogP contribution in [0.15, 0.2) is 18.2 Å². The highest BCUT2D eigenvalue weighted by molar-refractivity contribution is 7.71. The van der Waals surface area contributed by atoms with Crippen LogP contribution in [0.3, 0.4) is 0 Å². The molecule has 1 aromatic heterocycles. The summed E-state index contributed by atoms with van der Waals surface area (Å²) in [4.78, 5) is 2.36.